The third-order valence-corrected chi connectivity index (χ3v) is 3.98. The molecule has 1 spiro atoms. The van der Waals surface area contributed by atoms with E-state index < -0.39 is 5.41 Å². The van der Waals surface area contributed by atoms with Gasteiger partial charge >= 0.3 is 0 Å². The molecule has 3 rings (SSSR count). The van der Waals surface area contributed by atoms with Crippen LogP contribution in [-0.2, 0) is 9.59 Å². The van der Waals surface area contributed by atoms with E-state index in [1.54, 1.807) is 0 Å². The maximum atomic E-state index is 12.2. The molecule has 0 saturated heterocycles. The van der Waals surface area contributed by atoms with E-state index in [1.165, 1.54) is 5.01 Å². The highest BCUT2D eigenvalue weighted by Crippen LogP contribution is 2.44. The molecule has 0 aromatic rings. The second kappa shape index (κ2) is 3.07. The molecular weight excluding hydrogens is 228 g/mol. The van der Waals surface area contributed by atoms with Crippen molar-refractivity contribution in [3.05, 3.63) is 0 Å². The van der Waals surface area contributed by atoms with Gasteiger partial charge in [0.25, 0.3) is 11.8 Å². The fourth-order valence-electron chi connectivity index (χ4n) is 2.40. The molecule has 16 heavy (non-hydrogen) atoms. The van der Waals surface area contributed by atoms with E-state index >= 15 is 0 Å². The van der Waals surface area contributed by atoms with Crippen LogP contribution in [0.4, 0.5) is 0 Å². The van der Waals surface area contributed by atoms with Crippen LogP contribution >= 0.6 is 11.8 Å². The van der Waals surface area contributed by atoms with Crippen molar-refractivity contribution in [2.75, 3.05) is 0 Å². The van der Waals surface area contributed by atoms with Crippen molar-refractivity contribution in [2.24, 2.45) is 21.2 Å². The second-order valence-electron chi connectivity index (χ2n) is 4.15. The molecule has 3 aliphatic rings. The Morgan fingerprint density at radius 2 is 2.00 bits per heavy atom. The number of amides is 2. The summed E-state index contributed by atoms with van der Waals surface area (Å²) in [4.78, 5) is 28.1. The van der Waals surface area contributed by atoms with Crippen molar-refractivity contribution in [3.63, 3.8) is 0 Å². The molecule has 0 aromatic carbocycles. The van der Waals surface area contributed by atoms with Crippen LogP contribution in [0.1, 0.15) is 25.7 Å². The van der Waals surface area contributed by atoms with Crippen LogP contribution in [0.5, 0.6) is 0 Å². The first kappa shape index (κ1) is 9.83. The molecule has 7 heteroatoms. The summed E-state index contributed by atoms with van der Waals surface area (Å²) in [5, 5.41) is 5.65. The SMILES string of the molecule is NC1=NN2C(=O)C3(CCCC3)C(=O)N=C2S1. The van der Waals surface area contributed by atoms with Gasteiger partial charge in [-0.15, -0.1) is 5.10 Å². The molecule has 0 bridgehead atoms. The number of amidine groups is 2. The number of nitrogens with zero attached hydrogens (tertiary/aromatic N) is 3. The van der Waals surface area contributed by atoms with E-state index in [0.717, 1.165) is 24.6 Å². The van der Waals surface area contributed by atoms with Gasteiger partial charge in [-0.25, -0.2) is 0 Å². The Morgan fingerprint density at radius 3 is 2.69 bits per heavy atom. The highest BCUT2D eigenvalue weighted by atomic mass is 32.2. The summed E-state index contributed by atoms with van der Waals surface area (Å²) in [6.07, 6.45) is 2.95. The topological polar surface area (TPSA) is 88.1 Å². The molecule has 2 aliphatic heterocycles. The van der Waals surface area contributed by atoms with Crippen LogP contribution in [-0.4, -0.2) is 27.2 Å². The number of fused-ring (bicyclic) bond motifs is 1. The van der Waals surface area contributed by atoms with Crippen molar-refractivity contribution in [1.29, 1.82) is 0 Å². The van der Waals surface area contributed by atoms with Gasteiger partial charge in [0.15, 0.2) is 5.17 Å². The third-order valence-electron chi connectivity index (χ3n) is 3.24. The normalized spacial score (nSPS) is 27.1. The van der Waals surface area contributed by atoms with Crippen molar-refractivity contribution in [3.8, 4) is 0 Å². The number of hydrogen-bond donors (Lipinski definition) is 1. The number of aliphatic imine (C=N–C) groups is 1. The summed E-state index contributed by atoms with van der Waals surface area (Å²) in [6, 6.07) is 0. The first-order chi connectivity index (χ1) is 7.63. The van der Waals surface area contributed by atoms with Crippen LogP contribution in [0.2, 0.25) is 0 Å². The number of carbonyl (C=O) groups is 2. The molecule has 1 aliphatic carbocycles. The van der Waals surface area contributed by atoms with Crippen LogP contribution < -0.4 is 5.73 Å². The lowest BCUT2D eigenvalue weighted by Crippen LogP contribution is -2.49. The van der Waals surface area contributed by atoms with Crippen molar-refractivity contribution < 1.29 is 9.59 Å². The maximum absolute atomic E-state index is 12.2. The van der Waals surface area contributed by atoms with E-state index in [1.807, 2.05) is 0 Å². The largest absolute Gasteiger partial charge is 0.376 e. The van der Waals surface area contributed by atoms with E-state index in [4.69, 9.17) is 5.73 Å². The first-order valence-electron chi connectivity index (χ1n) is 5.13. The summed E-state index contributed by atoms with van der Waals surface area (Å²) in [7, 11) is 0. The molecular formula is C9H10N4O2S. The van der Waals surface area contributed by atoms with Gasteiger partial charge in [-0.2, -0.15) is 10.0 Å². The molecule has 2 N–H and O–H groups in total. The van der Waals surface area contributed by atoms with Crippen LogP contribution in [0.15, 0.2) is 10.1 Å². The van der Waals surface area contributed by atoms with Gasteiger partial charge in [0.05, 0.1) is 0 Å². The molecule has 0 aromatic heterocycles. The quantitative estimate of drug-likeness (QED) is 0.613. The lowest BCUT2D eigenvalue weighted by Gasteiger charge is -2.30. The van der Waals surface area contributed by atoms with Gasteiger partial charge in [0.2, 0.25) is 5.17 Å². The van der Waals surface area contributed by atoms with Crippen molar-refractivity contribution >= 4 is 33.9 Å². The van der Waals surface area contributed by atoms with Gasteiger partial charge in [-0.1, -0.05) is 12.8 Å². The minimum atomic E-state index is -0.946. The fraction of sp³-hybridized carbons (Fsp3) is 0.556. The maximum Gasteiger partial charge on any atom is 0.265 e. The average molecular weight is 238 g/mol. The Hall–Kier alpha value is -1.37. The van der Waals surface area contributed by atoms with E-state index in [9.17, 15) is 9.59 Å². The Kier molecular flexibility index (Phi) is 1.88. The minimum Gasteiger partial charge on any atom is -0.376 e. The van der Waals surface area contributed by atoms with Crippen LogP contribution in [0.25, 0.3) is 0 Å². The number of thioether (sulfide) groups is 1. The first-order valence-corrected chi connectivity index (χ1v) is 5.95. The lowest BCUT2D eigenvalue weighted by molar-refractivity contribution is -0.147. The summed E-state index contributed by atoms with van der Waals surface area (Å²) < 4.78 is 0. The molecule has 2 amide bonds. The zero-order chi connectivity index (χ0) is 11.3. The summed E-state index contributed by atoms with van der Waals surface area (Å²) in [6.45, 7) is 0. The highest BCUT2D eigenvalue weighted by molar-refractivity contribution is 8.26. The smallest absolute Gasteiger partial charge is 0.265 e. The van der Waals surface area contributed by atoms with Crippen LogP contribution in [0, 0.1) is 5.41 Å². The van der Waals surface area contributed by atoms with Crippen molar-refractivity contribution in [1.82, 2.24) is 5.01 Å². The van der Waals surface area contributed by atoms with E-state index in [2.05, 4.69) is 10.1 Å². The van der Waals surface area contributed by atoms with Gasteiger partial charge in [-0.3, -0.25) is 9.59 Å². The Morgan fingerprint density at radius 1 is 1.31 bits per heavy atom. The summed E-state index contributed by atoms with van der Waals surface area (Å²) in [5.74, 6) is -0.577. The zero-order valence-electron chi connectivity index (χ0n) is 8.47. The fourth-order valence-corrected chi connectivity index (χ4v) is 3.04. The molecule has 2 heterocycles. The van der Waals surface area contributed by atoms with Crippen molar-refractivity contribution in [2.45, 2.75) is 25.7 Å². The number of carbonyl (C=O) groups excluding carboxylic acids is 2. The molecule has 1 saturated carbocycles. The molecule has 6 nitrogen and oxygen atoms in total. The number of hydrogen-bond acceptors (Lipinski definition) is 5. The average Bonchev–Trinajstić information content (AvgIpc) is 2.83. The van der Waals surface area contributed by atoms with Gasteiger partial charge in [0.1, 0.15) is 5.41 Å². The standard InChI is InChI=1S/C9H10N4O2S/c10-7-12-13-6(15)9(3-1-2-4-9)5(14)11-8(13)16-7/h1-4H2,(H2,10,12). The Bertz CT molecular complexity index is 450. The van der Waals surface area contributed by atoms with Crippen LogP contribution in [0.3, 0.4) is 0 Å². The summed E-state index contributed by atoms with van der Waals surface area (Å²) >= 11 is 1.06. The predicted molar refractivity (Wildman–Crippen MR) is 59.4 cm³/mol. The Balaban J connectivity index is 2.07. The van der Waals surface area contributed by atoms with E-state index in [-0.39, 0.29) is 17.0 Å². The number of nitrogens with two attached hydrogens (primary N) is 1. The molecule has 1 fully saturated rings. The monoisotopic (exact) mass is 238 g/mol. The molecule has 84 valence electrons. The number of hydrazone groups is 1. The second-order valence-corrected chi connectivity index (χ2v) is 5.13. The van der Waals surface area contributed by atoms with Gasteiger partial charge in [-0.05, 0) is 24.6 Å². The number of rotatable bonds is 0. The Labute approximate surface area is 95.9 Å². The highest BCUT2D eigenvalue weighted by Gasteiger charge is 2.55. The summed E-state index contributed by atoms with van der Waals surface area (Å²) in [5.41, 5.74) is 4.57. The molecule has 0 atom stereocenters. The lowest BCUT2D eigenvalue weighted by atomic mass is 9.83. The zero-order valence-corrected chi connectivity index (χ0v) is 9.29. The van der Waals surface area contributed by atoms with Gasteiger partial charge in [0, 0.05) is 0 Å². The molecule has 0 unspecified atom stereocenters. The predicted octanol–water partition coefficient (Wildman–Crippen LogP) is 0.248. The third kappa shape index (κ3) is 1.09. The molecule has 0 radical (unpaired) electrons. The minimum absolute atomic E-state index is 0.257. The van der Waals surface area contributed by atoms with E-state index in [0.29, 0.717) is 18.0 Å². The van der Waals surface area contributed by atoms with Gasteiger partial charge < -0.3 is 5.73 Å².